The summed E-state index contributed by atoms with van der Waals surface area (Å²) in [5.74, 6) is 0.942. The Labute approximate surface area is 168 Å². The van der Waals surface area contributed by atoms with Crippen LogP contribution in [0.25, 0.3) is 0 Å². The van der Waals surface area contributed by atoms with E-state index in [-0.39, 0.29) is 18.1 Å². The number of amides is 1. The molecule has 7 heteroatoms. The van der Waals surface area contributed by atoms with Crippen molar-refractivity contribution in [2.24, 2.45) is 0 Å². The first kappa shape index (κ1) is 21.2. The van der Waals surface area contributed by atoms with Gasteiger partial charge in [0, 0.05) is 34.9 Å². The van der Waals surface area contributed by atoms with E-state index >= 15 is 0 Å². The van der Waals surface area contributed by atoms with Crippen LogP contribution >= 0.6 is 15.9 Å². The van der Waals surface area contributed by atoms with E-state index in [1.807, 2.05) is 51.1 Å². The van der Waals surface area contributed by atoms with E-state index in [0.717, 1.165) is 15.7 Å². The summed E-state index contributed by atoms with van der Waals surface area (Å²) in [5, 5.41) is 6.23. The molecule has 2 aromatic rings. The van der Waals surface area contributed by atoms with Gasteiger partial charge < -0.3 is 20.1 Å². The smallest absolute Gasteiger partial charge is 0.258 e. The molecule has 0 saturated carbocycles. The van der Waals surface area contributed by atoms with Gasteiger partial charge >= 0.3 is 0 Å². The third-order valence-corrected chi connectivity index (χ3v) is 4.33. The highest BCUT2D eigenvalue weighted by Gasteiger charge is 2.18. The van der Waals surface area contributed by atoms with Crippen LogP contribution in [0, 0.1) is 0 Å². The Kier molecular flexibility index (Phi) is 7.62. The molecule has 6 nitrogen and oxygen atoms in total. The summed E-state index contributed by atoms with van der Waals surface area (Å²) < 4.78 is 12.1. The summed E-state index contributed by atoms with van der Waals surface area (Å²) in [6, 6.07) is 9.51. The Morgan fingerprint density at radius 2 is 1.96 bits per heavy atom. The maximum atomic E-state index is 12.1. The number of benzene rings is 1. The number of carbonyl (C=O) groups is 1. The molecule has 0 saturated heterocycles. The Hall–Kier alpha value is -2.12. The molecule has 0 radical (unpaired) electrons. The van der Waals surface area contributed by atoms with Crippen molar-refractivity contribution < 1.29 is 14.3 Å². The molecule has 2 rings (SSSR count). The molecule has 0 spiro atoms. The lowest BCUT2D eigenvalue weighted by atomic mass is 10.1. The van der Waals surface area contributed by atoms with Gasteiger partial charge in [0.2, 0.25) is 0 Å². The Bertz CT molecular complexity index is 761. The van der Waals surface area contributed by atoms with Crippen LogP contribution in [0.2, 0.25) is 0 Å². The normalized spacial score (nSPS) is 11.1. The summed E-state index contributed by atoms with van der Waals surface area (Å²) in [6.45, 7) is 6.85. The molecule has 0 unspecified atom stereocenters. The molecule has 0 fully saturated rings. The Balaban J connectivity index is 2.09. The number of carbonyl (C=O) groups excluding carboxylic acids is 1. The van der Waals surface area contributed by atoms with Gasteiger partial charge in [0.1, 0.15) is 0 Å². The van der Waals surface area contributed by atoms with E-state index in [1.54, 1.807) is 13.3 Å². The number of aromatic nitrogens is 1. The summed E-state index contributed by atoms with van der Waals surface area (Å²) in [5.41, 5.74) is 1.52. The molecule has 0 aliphatic carbocycles. The summed E-state index contributed by atoms with van der Waals surface area (Å²) in [6.07, 6.45) is 1.76. The molecule has 0 aliphatic rings. The van der Waals surface area contributed by atoms with E-state index < -0.39 is 0 Å². The average Bonchev–Trinajstić information content (AvgIpc) is 2.61. The van der Waals surface area contributed by atoms with E-state index in [9.17, 15) is 4.79 Å². The third-order valence-electron chi connectivity index (χ3n) is 3.58. The highest BCUT2D eigenvalue weighted by molar-refractivity contribution is 9.10. The summed E-state index contributed by atoms with van der Waals surface area (Å²) in [4.78, 5) is 16.4. The first-order valence-corrected chi connectivity index (χ1v) is 9.49. The zero-order valence-electron chi connectivity index (χ0n) is 16.1. The van der Waals surface area contributed by atoms with Gasteiger partial charge in [0.25, 0.3) is 5.91 Å². The second kappa shape index (κ2) is 9.71. The van der Waals surface area contributed by atoms with Crippen LogP contribution in [0.3, 0.4) is 0 Å². The van der Waals surface area contributed by atoms with Crippen molar-refractivity contribution in [3.63, 3.8) is 0 Å². The quantitative estimate of drug-likeness (QED) is 0.664. The molecule has 0 bridgehead atoms. The molecule has 146 valence electrons. The van der Waals surface area contributed by atoms with Crippen LogP contribution in [0.15, 0.2) is 41.0 Å². The number of methoxy groups -OCH3 is 1. The highest BCUT2D eigenvalue weighted by Crippen LogP contribution is 2.36. The first-order chi connectivity index (χ1) is 12.8. The second-order valence-electron chi connectivity index (χ2n) is 7.07. The van der Waals surface area contributed by atoms with Crippen LogP contribution in [-0.2, 0) is 17.9 Å². The minimum Gasteiger partial charge on any atom is -0.493 e. The van der Waals surface area contributed by atoms with Crippen molar-refractivity contribution in [1.82, 2.24) is 15.6 Å². The average molecular weight is 436 g/mol. The number of nitrogens with zero attached hydrogens (tertiary/aromatic N) is 1. The van der Waals surface area contributed by atoms with E-state index in [1.165, 1.54) is 0 Å². The topological polar surface area (TPSA) is 72.5 Å². The minimum atomic E-state index is -0.311. The molecule has 0 aliphatic heterocycles. The monoisotopic (exact) mass is 435 g/mol. The minimum absolute atomic E-state index is 0.0860. The predicted octanol–water partition coefficient (Wildman–Crippen LogP) is 3.44. The standard InChI is InChI=1S/C20H26BrN3O3/c1-20(2,3)24-18(25)13-27-19-15(16(21)8-9-17(19)26-4)12-22-11-14-7-5-6-10-23-14/h5-10,22H,11-13H2,1-4H3,(H,24,25). The van der Waals surface area contributed by atoms with Crippen molar-refractivity contribution in [2.45, 2.75) is 39.4 Å². The van der Waals surface area contributed by atoms with Crippen LogP contribution in [0.1, 0.15) is 32.0 Å². The van der Waals surface area contributed by atoms with Gasteiger partial charge in [-0.05, 0) is 45.0 Å². The van der Waals surface area contributed by atoms with Crippen molar-refractivity contribution in [2.75, 3.05) is 13.7 Å². The highest BCUT2D eigenvalue weighted by atomic mass is 79.9. The van der Waals surface area contributed by atoms with E-state index in [4.69, 9.17) is 9.47 Å². The van der Waals surface area contributed by atoms with Crippen molar-refractivity contribution in [1.29, 1.82) is 0 Å². The van der Waals surface area contributed by atoms with Crippen LogP contribution < -0.4 is 20.1 Å². The second-order valence-corrected chi connectivity index (χ2v) is 7.92. The largest absolute Gasteiger partial charge is 0.493 e. The van der Waals surface area contributed by atoms with Crippen LogP contribution in [-0.4, -0.2) is 30.1 Å². The molecule has 27 heavy (non-hydrogen) atoms. The lowest BCUT2D eigenvalue weighted by Gasteiger charge is -2.21. The lowest BCUT2D eigenvalue weighted by molar-refractivity contribution is -0.124. The van der Waals surface area contributed by atoms with Crippen molar-refractivity contribution in [3.05, 3.63) is 52.3 Å². The third kappa shape index (κ3) is 6.84. The van der Waals surface area contributed by atoms with Gasteiger partial charge in [0.05, 0.1) is 12.8 Å². The van der Waals surface area contributed by atoms with E-state index in [0.29, 0.717) is 24.6 Å². The molecular formula is C20H26BrN3O3. The number of ether oxygens (including phenoxy) is 2. The van der Waals surface area contributed by atoms with Gasteiger partial charge in [-0.1, -0.05) is 22.0 Å². The molecule has 1 aromatic carbocycles. The number of hydrogen-bond donors (Lipinski definition) is 2. The zero-order chi connectivity index (χ0) is 19.9. The molecule has 0 atom stereocenters. The Morgan fingerprint density at radius 1 is 1.19 bits per heavy atom. The molecular weight excluding hydrogens is 410 g/mol. The van der Waals surface area contributed by atoms with Crippen molar-refractivity contribution in [3.8, 4) is 11.5 Å². The molecule has 1 amide bonds. The Morgan fingerprint density at radius 3 is 2.59 bits per heavy atom. The first-order valence-electron chi connectivity index (χ1n) is 8.70. The number of halogens is 1. The van der Waals surface area contributed by atoms with Gasteiger partial charge in [-0.15, -0.1) is 0 Å². The summed E-state index contributed by atoms with van der Waals surface area (Å²) in [7, 11) is 1.58. The number of nitrogens with one attached hydrogen (secondary N) is 2. The van der Waals surface area contributed by atoms with E-state index in [2.05, 4.69) is 31.5 Å². The predicted molar refractivity (Wildman–Crippen MR) is 109 cm³/mol. The van der Waals surface area contributed by atoms with Crippen LogP contribution in [0.4, 0.5) is 0 Å². The molecule has 1 heterocycles. The van der Waals surface area contributed by atoms with Gasteiger partial charge in [-0.3, -0.25) is 9.78 Å². The van der Waals surface area contributed by atoms with Gasteiger partial charge in [-0.25, -0.2) is 0 Å². The fourth-order valence-corrected chi connectivity index (χ4v) is 2.93. The van der Waals surface area contributed by atoms with Crippen molar-refractivity contribution >= 4 is 21.8 Å². The molecule has 1 aromatic heterocycles. The van der Waals surface area contributed by atoms with Crippen LogP contribution in [0.5, 0.6) is 11.5 Å². The fourth-order valence-electron chi connectivity index (χ4n) is 2.48. The SMILES string of the molecule is COc1ccc(Br)c(CNCc2ccccn2)c1OCC(=O)NC(C)(C)C. The lowest BCUT2D eigenvalue weighted by Crippen LogP contribution is -2.43. The fraction of sp³-hybridized carbons (Fsp3) is 0.400. The zero-order valence-corrected chi connectivity index (χ0v) is 17.7. The number of hydrogen-bond acceptors (Lipinski definition) is 5. The summed E-state index contributed by atoms with van der Waals surface area (Å²) >= 11 is 3.56. The molecule has 2 N–H and O–H groups in total. The van der Waals surface area contributed by atoms with Gasteiger partial charge in [-0.2, -0.15) is 0 Å². The number of rotatable bonds is 8. The number of pyridine rings is 1. The van der Waals surface area contributed by atoms with Gasteiger partial charge in [0.15, 0.2) is 18.1 Å². The maximum Gasteiger partial charge on any atom is 0.258 e. The maximum absolute atomic E-state index is 12.1.